The predicted octanol–water partition coefficient (Wildman–Crippen LogP) is 8.22. The Labute approximate surface area is 223 Å². The summed E-state index contributed by atoms with van der Waals surface area (Å²) >= 11 is 3.83. The zero-order chi connectivity index (χ0) is 25.3. The van der Waals surface area contributed by atoms with Crippen molar-refractivity contribution in [1.29, 1.82) is 0 Å². The number of hydrogen-bond acceptors (Lipinski definition) is 5. The van der Waals surface area contributed by atoms with E-state index in [4.69, 9.17) is 18.6 Å². The van der Waals surface area contributed by atoms with Crippen molar-refractivity contribution in [3.05, 3.63) is 115 Å². The van der Waals surface area contributed by atoms with Gasteiger partial charge in [-0.15, -0.1) is 0 Å². The average Bonchev–Trinajstić information content (AvgIpc) is 2.98. The van der Waals surface area contributed by atoms with E-state index in [-0.39, 0.29) is 0 Å². The minimum Gasteiger partial charge on any atom is -0.493 e. The molecule has 1 aliphatic carbocycles. The number of pyridine rings is 1. The molecule has 0 atom stereocenters. The third-order valence-corrected chi connectivity index (χ3v) is 6.30. The predicted molar refractivity (Wildman–Crippen MR) is 153 cm³/mol. The Bertz CT molecular complexity index is 1400. The van der Waals surface area contributed by atoms with Crippen LogP contribution in [0.25, 0.3) is 28.0 Å². The summed E-state index contributed by atoms with van der Waals surface area (Å²) in [6.45, 7) is 1.10. The molecule has 0 unspecified atom stereocenters. The zero-order valence-corrected chi connectivity index (χ0v) is 21.4. The van der Waals surface area contributed by atoms with Crippen molar-refractivity contribution < 1.29 is 13.7 Å². The summed E-state index contributed by atoms with van der Waals surface area (Å²) in [5.41, 5.74) is 6.43. The van der Waals surface area contributed by atoms with Crippen molar-refractivity contribution in [3.8, 4) is 39.6 Å². The van der Waals surface area contributed by atoms with Crippen LogP contribution < -0.4 is 13.7 Å². The number of ether oxygens (including phenoxy) is 2. The van der Waals surface area contributed by atoms with E-state index < -0.39 is 0 Å². The van der Waals surface area contributed by atoms with Crippen LogP contribution in [0, 0.1) is 0 Å². The summed E-state index contributed by atoms with van der Waals surface area (Å²) in [7, 11) is 0. The van der Waals surface area contributed by atoms with E-state index in [2.05, 4.69) is 67.5 Å². The van der Waals surface area contributed by atoms with Crippen molar-refractivity contribution in [3.63, 3.8) is 0 Å². The minimum absolute atomic E-state index is 0.548. The molecule has 5 rings (SSSR count). The second-order valence-corrected chi connectivity index (χ2v) is 8.96. The van der Waals surface area contributed by atoms with Gasteiger partial charge < -0.3 is 13.7 Å². The Morgan fingerprint density at radius 2 is 1.35 bits per heavy atom. The second-order valence-electron chi connectivity index (χ2n) is 8.78. The van der Waals surface area contributed by atoms with Crippen molar-refractivity contribution in [2.45, 2.75) is 19.3 Å². The SMILES string of the molecule is SOc1cccc(OCCCOc2cccc(-c3cc(C4=CCCC=C4)nc(-c4ccccc4)c3)c2)c1. The van der Waals surface area contributed by atoms with Crippen LogP contribution in [-0.2, 0) is 0 Å². The van der Waals surface area contributed by atoms with E-state index in [1.807, 2.05) is 54.6 Å². The molecule has 0 saturated heterocycles. The van der Waals surface area contributed by atoms with Gasteiger partial charge in [0, 0.05) is 31.0 Å². The highest BCUT2D eigenvalue weighted by atomic mass is 32.1. The van der Waals surface area contributed by atoms with Gasteiger partial charge in [-0.1, -0.05) is 66.8 Å². The highest BCUT2D eigenvalue weighted by Crippen LogP contribution is 2.31. The normalized spacial score (nSPS) is 12.6. The molecule has 0 radical (unpaired) electrons. The van der Waals surface area contributed by atoms with Crippen LogP contribution >= 0.6 is 12.9 Å². The number of aromatic nitrogens is 1. The van der Waals surface area contributed by atoms with Crippen LogP contribution in [0.3, 0.4) is 0 Å². The summed E-state index contributed by atoms with van der Waals surface area (Å²) in [5, 5.41) is 0. The van der Waals surface area contributed by atoms with Crippen LogP contribution in [0.4, 0.5) is 0 Å². The first-order valence-electron chi connectivity index (χ1n) is 12.5. The lowest BCUT2D eigenvalue weighted by Gasteiger charge is -2.13. The molecule has 0 amide bonds. The molecular weight excluding hydrogens is 478 g/mol. The van der Waals surface area contributed by atoms with Crippen molar-refractivity contribution in [1.82, 2.24) is 4.98 Å². The van der Waals surface area contributed by atoms with Gasteiger partial charge in [-0.05, 0) is 65.9 Å². The number of benzene rings is 3. The lowest BCUT2D eigenvalue weighted by Crippen LogP contribution is -2.05. The summed E-state index contributed by atoms with van der Waals surface area (Å²) in [4.78, 5) is 5.00. The second kappa shape index (κ2) is 12.3. The highest BCUT2D eigenvalue weighted by molar-refractivity contribution is 7.75. The van der Waals surface area contributed by atoms with Crippen molar-refractivity contribution >= 4 is 18.5 Å². The molecule has 0 saturated carbocycles. The molecule has 5 heteroatoms. The van der Waals surface area contributed by atoms with E-state index in [0.29, 0.717) is 19.0 Å². The molecule has 0 aliphatic heterocycles. The van der Waals surface area contributed by atoms with Crippen LogP contribution in [0.1, 0.15) is 25.0 Å². The van der Waals surface area contributed by atoms with Gasteiger partial charge in [0.25, 0.3) is 0 Å². The Morgan fingerprint density at radius 1 is 0.649 bits per heavy atom. The smallest absolute Gasteiger partial charge is 0.140 e. The molecule has 4 aromatic rings. The van der Waals surface area contributed by atoms with Gasteiger partial charge in [0.2, 0.25) is 0 Å². The van der Waals surface area contributed by atoms with E-state index in [0.717, 1.165) is 58.8 Å². The molecule has 0 fully saturated rings. The summed E-state index contributed by atoms with van der Waals surface area (Å²) in [5.74, 6) is 2.23. The lowest BCUT2D eigenvalue weighted by molar-refractivity contribution is 0.247. The van der Waals surface area contributed by atoms with Crippen LogP contribution in [-0.4, -0.2) is 18.2 Å². The minimum atomic E-state index is 0.548. The van der Waals surface area contributed by atoms with Gasteiger partial charge in [-0.3, -0.25) is 0 Å². The first-order valence-corrected chi connectivity index (χ1v) is 12.9. The van der Waals surface area contributed by atoms with Crippen molar-refractivity contribution in [2.75, 3.05) is 13.2 Å². The summed E-state index contributed by atoms with van der Waals surface area (Å²) < 4.78 is 16.8. The van der Waals surface area contributed by atoms with Gasteiger partial charge >= 0.3 is 0 Å². The molecular formula is C32H29NO3S. The molecule has 3 aromatic carbocycles. The van der Waals surface area contributed by atoms with Gasteiger partial charge in [-0.2, -0.15) is 0 Å². The fraction of sp³-hybridized carbons (Fsp3) is 0.156. The molecule has 1 aromatic heterocycles. The first-order chi connectivity index (χ1) is 18.3. The largest absolute Gasteiger partial charge is 0.493 e. The van der Waals surface area contributed by atoms with Crippen molar-refractivity contribution in [2.24, 2.45) is 0 Å². The topological polar surface area (TPSA) is 40.6 Å². The zero-order valence-electron chi connectivity index (χ0n) is 20.5. The van der Waals surface area contributed by atoms with Crippen LogP contribution in [0.5, 0.6) is 17.2 Å². The van der Waals surface area contributed by atoms with Crippen LogP contribution in [0.2, 0.25) is 0 Å². The molecule has 1 heterocycles. The van der Waals surface area contributed by atoms with E-state index in [9.17, 15) is 0 Å². The van der Waals surface area contributed by atoms with Crippen LogP contribution in [0.15, 0.2) is 109 Å². The van der Waals surface area contributed by atoms with Gasteiger partial charge in [0.05, 0.1) is 24.6 Å². The molecule has 0 spiro atoms. The van der Waals surface area contributed by atoms with Gasteiger partial charge in [-0.25, -0.2) is 4.98 Å². The van der Waals surface area contributed by atoms with E-state index in [1.54, 1.807) is 0 Å². The highest BCUT2D eigenvalue weighted by Gasteiger charge is 2.11. The third-order valence-electron chi connectivity index (χ3n) is 6.09. The Morgan fingerprint density at radius 3 is 2.11 bits per heavy atom. The maximum Gasteiger partial charge on any atom is 0.140 e. The fourth-order valence-electron chi connectivity index (χ4n) is 4.23. The van der Waals surface area contributed by atoms with E-state index in [1.165, 1.54) is 5.57 Å². The maximum absolute atomic E-state index is 6.06. The Hall–Kier alpha value is -3.96. The third kappa shape index (κ3) is 6.63. The summed E-state index contributed by atoms with van der Waals surface area (Å²) in [6.07, 6.45) is 9.54. The lowest BCUT2D eigenvalue weighted by atomic mass is 9.98. The Kier molecular flexibility index (Phi) is 8.24. The first kappa shape index (κ1) is 24.7. The number of rotatable bonds is 10. The number of allylic oxidation sites excluding steroid dienone is 4. The van der Waals surface area contributed by atoms with E-state index >= 15 is 0 Å². The molecule has 1 aliphatic rings. The maximum atomic E-state index is 6.06. The molecule has 0 N–H and O–H groups in total. The quantitative estimate of drug-likeness (QED) is 0.133. The molecule has 4 nitrogen and oxygen atoms in total. The summed E-state index contributed by atoms with van der Waals surface area (Å²) in [6, 6.07) is 30.3. The number of hydrogen-bond donors (Lipinski definition) is 1. The number of nitrogens with zero attached hydrogens (tertiary/aromatic N) is 1. The number of thiol groups is 1. The van der Waals surface area contributed by atoms with Gasteiger partial charge in [0.15, 0.2) is 0 Å². The monoisotopic (exact) mass is 507 g/mol. The molecule has 37 heavy (non-hydrogen) atoms. The Balaban J connectivity index is 1.30. The standard InChI is InChI=1S/C32H29NO3S/c37-36-30-17-8-16-29(23-30)35-19-9-18-34-28-15-7-14-26(20-28)27-21-31(24-10-3-1-4-11-24)33-32(22-27)25-12-5-2-6-13-25/h1,3-5,7-8,10-17,20-23,37H,2,6,9,18-19H2. The molecule has 186 valence electrons. The van der Waals surface area contributed by atoms with Gasteiger partial charge in [0.1, 0.15) is 17.2 Å². The average molecular weight is 508 g/mol. The molecule has 0 bridgehead atoms. The fourth-order valence-corrected chi connectivity index (χ4v) is 4.34.